The molecular weight excluding hydrogens is 194 g/mol. The van der Waals surface area contributed by atoms with Crippen LogP contribution >= 0.6 is 0 Å². The summed E-state index contributed by atoms with van der Waals surface area (Å²) in [6.45, 7) is 6.01. The lowest BCUT2D eigenvalue weighted by Crippen LogP contribution is -2.51. The minimum Gasteiger partial charge on any atom is -0.307 e. The molecule has 92 valence electrons. The van der Waals surface area contributed by atoms with E-state index in [1.807, 2.05) is 0 Å². The van der Waals surface area contributed by atoms with Crippen molar-refractivity contribution >= 4 is 0 Å². The second-order valence-corrected chi connectivity index (χ2v) is 5.84. The van der Waals surface area contributed by atoms with Crippen LogP contribution in [0.1, 0.15) is 65.2 Å². The Hall–Kier alpha value is -0.300. The van der Waals surface area contributed by atoms with Gasteiger partial charge in [0, 0.05) is 5.54 Å². The summed E-state index contributed by atoms with van der Waals surface area (Å²) in [5.74, 6) is 0.731. The molecule has 16 heavy (non-hydrogen) atoms. The highest BCUT2D eigenvalue weighted by Gasteiger charge is 2.37. The van der Waals surface area contributed by atoms with Gasteiger partial charge in [-0.2, -0.15) is 0 Å². The molecule has 1 heteroatoms. The van der Waals surface area contributed by atoms with Crippen LogP contribution in [0.5, 0.6) is 0 Å². The fourth-order valence-corrected chi connectivity index (χ4v) is 3.49. The Labute approximate surface area is 101 Å². The second kappa shape index (κ2) is 5.35. The van der Waals surface area contributed by atoms with Crippen molar-refractivity contribution < 1.29 is 0 Å². The predicted octanol–water partition coefficient (Wildman–Crippen LogP) is 4.05. The minimum absolute atomic E-state index is 0.344. The van der Waals surface area contributed by atoms with Gasteiger partial charge in [0.25, 0.3) is 0 Å². The fourth-order valence-electron chi connectivity index (χ4n) is 3.49. The smallest absolute Gasteiger partial charge is 0.0417 e. The Morgan fingerprint density at radius 1 is 1.12 bits per heavy atom. The largest absolute Gasteiger partial charge is 0.307 e. The molecule has 1 saturated heterocycles. The molecule has 2 rings (SSSR count). The average molecular weight is 221 g/mol. The van der Waals surface area contributed by atoms with E-state index >= 15 is 0 Å². The molecule has 1 aliphatic carbocycles. The Morgan fingerprint density at radius 2 is 2.00 bits per heavy atom. The molecule has 1 nitrogen and oxygen atoms in total. The first kappa shape index (κ1) is 12.2. The molecule has 1 fully saturated rings. The normalized spacial score (nSPS) is 32.3. The molecular formula is C15H27N. The number of hydrogen-bond donors (Lipinski definition) is 1. The maximum absolute atomic E-state index is 3.90. The van der Waals surface area contributed by atoms with Crippen molar-refractivity contribution in [2.75, 3.05) is 6.54 Å². The summed E-state index contributed by atoms with van der Waals surface area (Å²) in [4.78, 5) is 0. The van der Waals surface area contributed by atoms with Crippen molar-refractivity contribution in [3.05, 3.63) is 11.6 Å². The molecule has 0 bridgehead atoms. The highest BCUT2D eigenvalue weighted by molar-refractivity contribution is 5.23. The molecule has 0 aromatic carbocycles. The van der Waals surface area contributed by atoms with E-state index in [-0.39, 0.29) is 0 Å². The lowest BCUT2D eigenvalue weighted by atomic mass is 9.73. The van der Waals surface area contributed by atoms with E-state index in [2.05, 4.69) is 25.2 Å². The average Bonchev–Trinajstić information content (AvgIpc) is 2.56. The van der Waals surface area contributed by atoms with E-state index in [9.17, 15) is 0 Å². The molecule has 1 N–H and O–H groups in total. The maximum atomic E-state index is 3.90. The second-order valence-electron chi connectivity index (χ2n) is 5.84. The van der Waals surface area contributed by atoms with Crippen LogP contribution in [0.25, 0.3) is 0 Å². The van der Waals surface area contributed by atoms with E-state index < -0.39 is 0 Å². The monoisotopic (exact) mass is 221 g/mol. The lowest BCUT2D eigenvalue weighted by Gasteiger charge is -2.41. The van der Waals surface area contributed by atoms with Gasteiger partial charge in [-0.25, -0.2) is 0 Å². The first-order valence-corrected chi connectivity index (χ1v) is 7.20. The Kier molecular flexibility index (Phi) is 4.07. The van der Waals surface area contributed by atoms with Crippen molar-refractivity contribution in [1.29, 1.82) is 0 Å². The summed E-state index contributed by atoms with van der Waals surface area (Å²) in [5, 5.41) is 3.90. The molecule has 0 saturated carbocycles. The molecule has 1 atom stereocenters. The quantitative estimate of drug-likeness (QED) is 0.694. The molecule has 1 unspecified atom stereocenters. The fraction of sp³-hybridized carbons (Fsp3) is 0.867. The van der Waals surface area contributed by atoms with Crippen molar-refractivity contribution in [2.45, 2.75) is 70.8 Å². The van der Waals surface area contributed by atoms with Crippen molar-refractivity contribution in [1.82, 2.24) is 5.32 Å². The zero-order chi connectivity index (χ0) is 11.4. The predicted molar refractivity (Wildman–Crippen MR) is 70.6 cm³/mol. The van der Waals surface area contributed by atoms with Gasteiger partial charge in [-0.1, -0.05) is 38.3 Å². The Morgan fingerprint density at radius 3 is 2.69 bits per heavy atom. The highest BCUT2D eigenvalue weighted by Crippen LogP contribution is 2.38. The lowest BCUT2D eigenvalue weighted by molar-refractivity contribution is 0.264. The van der Waals surface area contributed by atoms with Gasteiger partial charge in [-0.3, -0.25) is 0 Å². The molecule has 2 aliphatic rings. The van der Waals surface area contributed by atoms with Gasteiger partial charge in [0.2, 0.25) is 0 Å². The van der Waals surface area contributed by atoms with Gasteiger partial charge in [0.05, 0.1) is 0 Å². The number of rotatable bonds is 2. The van der Waals surface area contributed by atoms with Crippen molar-refractivity contribution in [3.8, 4) is 0 Å². The van der Waals surface area contributed by atoms with Gasteiger partial charge in [0.15, 0.2) is 0 Å². The van der Waals surface area contributed by atoms with Crippen LogP contribution in [0.3, 0.4) is 0 Å². The summed E-state index contributed by atoms with van der Waals surface area (Å²) < 4.78 is 0. The van der Waals surface area contributed by atoms with Crippen LogP contribution in [0.15, 0.2) is 11.6 Å². The van der Waals surface area contributed by atoms with Gasteiger partial charge >= 0.3 is 0 Å². The molecule has 0 aromatic heterocycles. The Balaban J connectivity index is 2.21. The number of allylic oxidation sites excluding steroid dienone is 1. The van der Waals surface area contributed by atoms with Gasteiger partial charge in [-0.15, -0.1) is 0 Å². The van der Waals surface area contributed by atoms with Gasteiger partial charge in [-0.05, 0) is 51.0 Å². The van der Waals surface area contributed by atoms with Crippen LogP contribution in [0.4, 0.5) is 0 Å². The zero-order valence-electron chi connectivity index (χ0n) is 11.0. The maximum Gasteiger partial charge on any atom is 0.0417 e. The molecule has 0 amide bonds. The van der Waals surface area contributed by atoms with Gasteiger partial charge in [0.1, 0.15) is 0 Å². The first-order chi connectivity index (χ1) is 7.76. The van der Waals surface area contributed by atoms with E-state index in [4.69, 9.17) is 0 Å². The summed E-state index contributed by atoms with van der Waals surface area (Å²) in [5.41, 5.74) is 2.08. The highest BCUT2D eigenvalue weighted by atomic mass is 15.0. The Bertz CT molecular complexity index is 244. The van der Waals surface area contributed by atoms with Gasteiger partial charge < -0.3 is 5.32 Å². The zero-order valence-corrected chi connectivity index (χ0v) is 11.0. The molecule has 0 aromatic rings. The van der Waals surface area contributed by atoms with E-state index in [1.54, 1.807) is 5.57 Å². The molecule has 1 heterocycles. The summed E-state index contributed by atoms with van der Waals surface area (Å²) in [6.07, 6.45) is 13.5. The third-order valence-corrected chi connectivity index (χ3v) is 4.54. The summed E-state index contributed by atoms with van der Waals surface area (Å²) in [7, 11) is 0. The molecule has 0 radical (unpaired) electrons. The number of hydrogen-bond acceptors (Lipinski definition) is 1. The van der Waals surface area contributed by atoms with Crippen LogP contribution < -0.4 is 5.32 Å². The van der Waals surface area contributed by atoms with Crippen LogP contribution in [-0.4, -0.2) is 12.1 Å². The standard InChI is InChI=1S/C15H27N/c1-13(2)15(11-7-4-8-12-16-15)14-9-5-3-6-10-14/h9,13,16H,3-8,10-12H2,1-2H3. The van der Waals surface area contributed by atoms with Crippen molar-refractivity contribution in [2.24, 2.45) is 5.92 Å². The van der Waals surface area contributed by atoms with Crippen LogP contribution in [0, 0.1) is 5.92 Å². The molecule has 1 aliphatic heterocycles. The minimum atomic E-state index is 0.344. The van der Waals surface area contributed by atoms with Crippen molar-refractivity contribution in [3.63, 3.8) is 0 Å². The summed E-state index contributed by atoms with van der Waals surface area (Å²) in [6, 6.07) is 0. The summed E-state index contributed by atoms with van der Waals surface area (Å²) >= 11 is 0. The van der Waals surface area contributed by atoms with E-state index in [0.29, 0.717) is 5.54 Å². The molecule has 0 spiro atoms. The van der Waals surface area contributed by atoms with Crippen LogP contribution in [-0.2, 0) is 0 Å². The SMILES string of the molecule is CC(C)C1(C2=CCCCC2)CCCCCN1. The van der Waals surface area contributed by atoms with E-state index in [0.717, 1.165) is 5.92 Å². The topological polar surface area (TPSA) is 12.0 Å². The first-order valence-electron chi connectivity index (χ1n) is 7.20. The van der Waals surface area contributed by atoms with E-state index in [1.165, 1.54) is 57.9 Å². The third-order valence-electron chi connectivity index (χ3n) is 4.54. The number of nitrogens with one attached hydrogen (secondary N) is 1. The third kappa shape index (κ3) is 2.34. The van der Waals surface area contributed by atoms with Crippen LogP contribution in [0.2, 0.25) is 0 Å².